The Morgan fingerprint density at radius 2 is 2.33 bits per heavy atom. The van der Waals surface area contributed by atoms with Gasteiger partial charge in [-0.2, -0.15) is 0 Å². The molecular formula is C9H14N4O2. The summed E-state index contributed by atoms with van der Waals surface area (Å²) in [5, 5.41) is 3.29. The van der Waals surface area contributed by atoms with E-state index in [4.69, 9.17) is 10.3 Å². The van der Waals surface area contributed by atoms with E-state index in [0.29, 0.717) is 11.8 Å². The van der Waals surface area contributed by atoms with Gasteiger partial charge < -0.3 is 9.64 Å². The van der Waals surface area contributed by atoms with Gasteiger partial charge in [0.2, 0.25) is 5.91 Å². The van der Waals surface area contributed by atoms with Crippen molar-refractivity contribution < 1.29 is 9.53 Å². The average molecular weight is 210 g/mol. The van der Waals surface area contributed by atoms with Crippen LogP contribution in [0.1, 0.15) is 6.42 Å². The largest absolute Gasteiger partial charge is 0.381 e. The number of nitrogens with zero attached hydrogens (tertiary/aromatic N) is 4. The number of azide groups is 1. The maximum absolute atomic E-state index is 11.6. The zero-order valence-electron chi connectivity index (χ0n) is 8.50. The summed E-state index contributed by atoms with van der Waals surface area (Å²) in [7, 11) is 0. The van der Waals surface area contributed by atoms with Crippen LogP contribution < -0.4 is 0 Å². The number of carbonyl (C=O) groups excluding carboxylic acids is 1. The third-order valence-corrected chi connectivity index (χ3v) is 3.18. The first-order valence-corrected chi connectivity index (χ1v) is 5.17. The van der Waals surface area contributed by atoms with Gasteiger partial charge >= 0.3 is 0 Å². The molecule has 2 fully saturated rings. The van der Waals surface area contributed by atoms with Crippen molar-refractivity contribution in [3.8, 4) is 0 Å². The van der Waals surface area contributed by atoms with E-state index in [2.05, 4.69) is 10.0 Å². The predicted octanol–water partition coefficient (Wildman–Crippen LogP) is 0.792. The molecule has 2 heterocycles. The van der Waals surface area contributed by atoms with Crippen molar-refractivity contribution in [2.45, 2.75) is 6.42 Å². The monoisotopic (exact) mass is 210 g/mol. The number of hydrogen-bond donors (Lipinski definition) is 0. The van der Waals surface area contributed by atoms with E-state index < -0.39 is 0 Å². The molecule has 2 rings (SSSR count). The predicted molar refractivity (Wildman–Crippen MR) is 53.0 cm³/mol. The number of rotatable bonds is 2. The summed E-state index contributed by atoms with van der Waals surface area (Å²) >= 11 is 0. The number of hydrogen-bond acceptors (Lipinski definition) is 3. The summed E-state index contributed by atoms with van der Waals surface area (Å²) in [5.74, 6) is 1.03. The van der Waals surface area contributed by atoms with Gasteiger partial charge in [0, 0.05) is 30.5 Å². The number of amides is 1. The lowest BCUT2D eigenvalue weighted by Crippen LogP contribution is -2.44. The molecule has 0 unspecified atom stereocenters. The minimum atomic E-state index is -0.0712. The highest BCUT2D eigenvalue weighted by atomic mass is 16.5. The summed E-state index contributed by atoms with van der Waals surface area (Å²) in [6, 6.07) is 0. The second-order valence-corrected chi connectivity index (χ2v) is 4.08. The van der Waals surface area contributed by atoms with E-state index in [1.165, 1.54) is 0 Å². The molecule has 0 radical (unpaired) electrons. The average Bonchev–Trinajstić information content (AvgIpc) is 2.72. The van der Waals surface area contributed by atoms with Crippen molar-refractivity contribution in [2.24, 2.45) is 17.0 Å². The minimum absolute atomic E-state index is 0.0608. The quantitative estimate of drug-likeness (QED) is 0.383. The Bertz CT molecular complexity index is 300. The molecule has 0 saturated carbocycles. The van der Waals surface area contributed by atoms with E-state index >= 15 is 0 Å². The smallest absolute Gasteiger partial charge is 0.228 e. The highest BCUT2D eigenvalue weighted by molar-refractivity contribution is 5.78. The zero-order chi connectivity index (χ0) is 10.7. The summed E-state index contributed by atoms with van der Waals surface area (Å²) in [6.45, 7) is 3.06. The van der Waals surface area contributed by atoms with E-state index in [1.54, 1.807) is 4.90 Å². The fraction of sp³-hybridized carbons (Fsp3) is 0.889. The highest BCUT2D eigenvalue weighted by Gasteiger charge is 2.34. The summed E-state index contributed by atoms with van der Waals surface area (Å²) in [6.07, 6.45) is 1.01. The van der Waals surface area contributed by atoms with E-state index in [0.717, 1.165) is 32.7 Å². The van der Waals surface area contributed by atoms with E-state index in [-0.39, 0.29) is 12.5 Å². The number of fused-ring (bicyclic) bond motifs is 1. The third-order valence-electron chi connectivity index (χ3n) is 3.18. The van der Waals surface area contributed by atoms with Crippen molar-refractivity contribution in [1.29, 1.82) is 0 Å². The highest BCUT2D eigenvalue weighted by Crippen LogP contribution is 2.29. The van der Waals surface area contributed by atoms with Crippen molar-refractivity contribution >= 4 is 5.91 Å². The van der Waals surface area contributed by atoms with Gasteiger partial charge in [-0.15, -0.1) is 0 Å². The molecular weight excluding hydrogens is 196 g/mol. The van der Waals surface area contributed by atoms with E-state index in [1.807, 2.05) is 0 Å². The molecule has 0 aromatic rings. The Balaban J connectivity index is 1.89. The van der Waals surface area contributed by atoms with Gasteiger partial charge in [-0.3, -0.25) is 4.79 Å². The Kier molecular flexibility index (Phi) is 3.08. The molecule has 2 saturated heterocycles. The van der Waals surface area contributed by atoms with Gasteiger partial charge in [-0.05, 0) is 17.9 Å². The maximum Gasteiger partial charge on any atom is 0.228 e. The number of carbonyl (C=O) groups is 1. The maximum atomic E-state index is 11.6. The first kappa shape index (κ1) is 10.3. The van der Waals surface area contributed by atoms with Crippen molar-refractivity contribution in [1.82, 2.24) is 4.90 Å². The van der Waals surface area contributed by atoms with Crippen LogP contribution in [0.4, 0.5) is 0 Å². The Hall–Kier alpha value is -1.26. The molecule has 0 spiro atoms. The van der Waals surface area contributed by atoms with Crippen LogP contribution in [0, 0.1) is 11.8 Å². The molecule has 15 heavy (non-hydrogen) atoms. The van der Waals surface area contributed by atoms with Gasteiger partial charge in [0.25, 0.3) is 0 Å². The van der Waals surface area contributed by atoms with Gasteiger partial charge in [-0.1, -0.05) is 5.11 Å². The molecule has 6 heteroatoms. The fourth-order valence-corrected chi connectivity index (χ4v) is 2.28. The van der Waals surface area contributed by atoms with Crippen molar-refractivity contribution in [3.63, 3.8) is 0 Å². The molecule has 82 valence electrons. The second kappa shape index (κ2) is 4.51. The minimum Gasteiger partial charge on any atom is -0.381 e. The summed E-state index contributed by atoms with van der Waals surface area (Å²) < 4.78 is 5.38. The first-order valence-electron chi connectivity index (χ1n) is 5.17. The molecule has 0 aromatic heterocycles. The van der Waals surface area contributed by atoms with E-state index in [9.17, 15) is 4.79 Å². The van der Waals surface area contributed by atoms with Crippen LogP contribution in [0.15, 0.2) is 5.11 Å². The lowest BCUT2D eigenvalue weighted by atomic mass is 9.89. The molecule has 6 nitrogen and oxygen atoms in total. The normalized spacial score (nSPS) is 29.5. The summed E-state index contributed by atoms with van der Waals surface area (Å²) in [5.41, 5.74) is 8.13. The van der Waals surface area contributed by atoms with Gasteiger partial charge in [0.1, 0.15) is 6.54 Å². The molecule has 0 N–H and O–H groups in total. The van der Waals surface area contributed by atoms with Gasteiger partial charge in [-0.25, -0.2) is 0 Å². The Labute approximate surface area is 87.8 Å². The molecule has 2 aliphatic heterocycles. The number of piperidine rings is 1. The van der Waals surface area contributed by atoms with Crippen LogP contribution in [0.25, 0.3) is 10.4 Å². The van der Waals surface area contributed by atoms with Crippen LogP contribution in [0.3, 0.4) is 0 Å². The van der Waals surface area contributed by atoms with Gasteiger partial charge in [0.15, 0.2) is 0 Å². The van der Waals surface area contributed by atoms with Crippen LogP contribution in [0.5, 0.6) is 0 Å². The van der Waals surface area contributed by atoms with Gasteiger partial charge in [0.05, 0.1) is 6.61 Å². The first-order chi connectivity index (χ1) is 7.31. The standard InChI is InChI=1S/C9H14N4O2/c10-12-11-3-9(14)13-2-1-7-5-15-6-8(7)4-13/h7-8H,1-6H2/t7-,8-/m1/s1. The Morgan fingerprint density at radius 3 is 3.13 bits per heavy atom. The van der Waals surface area contributed by atoms with Crippen LogP contribution >= 0.6 is 0 Å². The zero-order valence-corrected chi connectivity index (χ0v) is 8.50. The number of ether oxygens (including phenoxy) is 1. The number of likely N-dealkylation sites (tertiary alicyclic amines) is 1. The lowest BCUT2D eigenvalue weighted by molar-refractivity contribution is -0.131. The third kappa shape index (κ3) is 2.22. The molecule has 0 bridgehead atoms. The molecule has 2 atom stereocenters. The molecule has 1 amide bonds. The molecule has 0 aromatic carbocycles. The van der Waals surface area contributed by atoms with Crippen LogP contribution in [0.2, 0.25) is 0 Å². The van der Waals surface area contributed by atoms with Crippen LogP contribution in [-0.4, -0.2) is 43.7 Å². The van der Waals surface area contributed by atoms with Crippen LogP contribution in [-0.2, 0) is 9.53 Å². The molecule has 2 aliphatic rings. The fourth-order valence-electron chi connectivity index (χ4n) is 2.28. The van der Waals surface area contributed by atoms with Crippen molar-refractivity contribution in [2.75, 3.05) is 32.8 Å². The second-order valence-electron chi connectivity index (χ2n) is 4.08. The van der Waals surface area contributed by atoms with Crippen molar-refractivity contribution in [3.05, 3.63) is 10.4 Å². The topological polar surface area (TPSA) is 78.3 Å². The SMILES string of the molecule is [N-]=[N+]=NCC(=O)N1CC[C@@H]2COC[C@H]2C1. The lowest BCUT2D eigenvalue weighted by Gasteiger charge is -2.33. The Morgan fingerprint density at radius 1 is 1.53 bits per heavy atom. The molecule has 0 aliphatic carbocycles. The summed E-state index contributed by atoms with van der Waals surface area (Å²) in [4.78, 5) is 15.9.